The Morgan fingerprint density at radius 3 is 2.74 bits per heavy atom. The lowest BCUT2D eigenvalue weighted by atomic mass is 9.89. The van der Waals surface area contributed by atoms with E-state index < -0.39 is 0 Å². The molecule has 1 aromatic carbocycles. The maximum Gasteiger partial charge on any atom is 0.170 e. The van der Waals surface area contributed by atoms with Crippen molar-refractivity contribution in [1.82, 2.24) is 5.32 Å². The number of nitrogens with zero attached hydrogens (tertiary/aromatic N) is 1. The molecule has 0 unspecified atom stereocenters. The number of hydrogen-bond donors (Lipinski definition) is 3. The molecule has 1 aliphatic rings. The van der Waals surface area contributed by atoms with Crippen molar-refractivity contribution in [2.45, 2.75) is 38.6 Å². The van der Waals surface area contributed by atoms with Gasteiger partial charge in [0.15, 0.2) is 5.84 Å². The van der Waals surface area contributed by atoms with Gasteiger partial charge in [0.25, 0.3) is 0 Å². The standard InChI is InChI=1S/C15H23N3O/c16-15(18-19)14-9-5-4-8-13(14)11-17-10-12-6-2-1-3-7-12/h4-5,8-9,12,17,19H,1-3,6-7,10-11H2,(H2,16,18). The monoisotopic (exact) mass is 261 g/mol. The highest BCUT2D eigenvalue weighted by Crippen LogP contribution is 2.22. The maximum absolute atomic E-state index is 8.78. The van der Waals surface area contributed by atoms with Gasteiger partial charge in [-0.2, -0.15) is 0 Å². The molecule has 4 heteroatoms. The van der Waals surface area contributed by atoms with Crippen molar-refractivity contribution in [2.75, 3.05) is 6.54 Å². The normalized spacial score (nSPS) is 17.6. The number of benzene rings is 1. The number of hydrogen-bond acceptors (Lipinski definition) is 3. The van der Waals surface area contributed by atoms with E-state index in [1.807, 2.05) is 24.3 Å². The van der Waals surface area contributed by atoms with Crippen molar-refractivity contribution in [3.63, 3.8) is 0 Å². The summed E-state index contributed by atoms with van der Waals surface area (Å²) < 4.78 is 0. The molecule has 0 heterocycles. The molecule has 0 amide bonds. The largest absolute Gasteiger partial charge is 0.409 e. The van der Waals surface area contributed by atoms with Crippen LogP contribution in [0.5, 0.6) is 0 Å². The van der Waals surface area contributed by atoms with Gasteiger partial charge in [0.1, 0.15) is 0 Å². The van der Waals surface area contributed by atoms with Gasteiger partial charge < -0.3 is 16.3 Å². The Kier molecular flexibility index (Phi) is 5.21. The second kappa shape index (κ2) is 7.14. The van der Waals surface area contributed by atoms with Gasteiger partial charge in [-0.3, -0.25) is 0 Å². The third kappa shape index (κ3) is 3.96. The van der Waals surface area contributed by atoms with Crippen LogP contribution in [0.4, 0.5) is 0 Å². The van der Waals surface area contributed by atoms with Crippen molar-refractivity contribution < 1.29 is 5.21 Å². The van der Waals surface area contributed by atoms with Crippen LogP contribution in [-0.4, -0.2) is 17.6 Å². The molecule has 0 aromatic heterocycles. The molecule has 1 aromatic rings. The lowest BCUT2D eigenvalue weighted by Gasteiger charge is -2.22. The molecule has 1 aliphatic carbocycles. The first-order valence-electron chi connectivity index (χ1n) is 7.08. The van der Waals surface area contributed by atoms with Crippen LogP contribution in [-0.2, 0) is 6.54 Å². The quantitative estimate of drug-likeness (QED) is 0.330. The molecular formula is C15H23N3O. The van der Waals surface area contributed by atoms with E-state index >= 15 is 0 Å². The summed E-state index contributed by atoms with van der Waals surface area (Å²) in [6.45, 7) is 1.83. The van der Waals surface area contributed by atoms with Gasteiger partial charge in [-0.1, -0.05) is 48.7 Å². The zero-order chi connectivity index (χ0) is 13.5. The number of rotatable bonds is 5. The van der Waals surface area contributed by atoms with Crippen LogP contribution < -0.4 is 11.1 Å². The second-order valence-corrected chi connectivity index (χ2v) is 5.28. The fourth-order valence-corrected chi connectivity index (χ4v) is 2.78. The SMILES string of the molecule is NC(=NO)c1ccccc1CNCC1CCCCC1. The minimum Gasteiger partial charge on any atom is -0.409 e. The fourth-order valence-electron chi connectivity index (χ4n) is 2.78. The first-order chi connectivity index (χ1) is 9.31. The molecule has 0 bridgehead atoms. The van der Waals surface area contributed by atoms with E-state index in [2.05, 4.69) is 10.5 Å². The smallest absolute Gasteiger partial charge is 0.170 e. The summed E-state index contributed by atoms with van der Waals surface area (Å²) in [7, 11) is 0. The molecule has 0 saturated heterocycles. The summed E-state index contributed by atoms with van der Waals surface area (Å²) in [6.07, 6.45) is 6.81. The molecule has 1 fully saturated rings. The summed E-state index contributed by atoms with van der Waals surface area (Å²) in [5, 5.41) is 15.4. The van der Waals surface area contributed by atoms with Gasteiger partial charge in [-0.25, -0.2) is 0 Å². The Balaban J connectivity index is 1.88. The average Bonchev–Trinajstić information content (AvgIpc) is 2.48. The highest BCUT2D eigenvalue weighted by Gasteiger charge is 2.13. The van der Waals surface area contributed by atoms with Crippen LogP contribution >= 0.6 is 0 Å². The van der Waals surface area contributed by atoms with Gasteiger partial charge in [0, 0.05) is 12.1 Å². The third-order valence-corrected chi connectivity index (χ3v) is 3.87. The van der Waals surface area contributed by atoms with Crippen molar-refractivity contribution in [3.05, 3.63) is 35.4 Å². The average molecular weight is 261 g/mol. The van der Waals surface area contributed by atoms with Gasteiger partial charge >= 0.3 is 0 Å². The van der Waals surface area contributed by atoms with E-state index in [-0.39, 0.29) is 5.84 Å². The summed E-state index contributed by atoms with van der Waals surface area (Å²) in [5.74, 6) is 0.986. The first-order valence-corrected chi connectivity index (χ1v) is 7.08. The lowest BCUT2D eigenvalue weighted by Crippen LogP contribution is -2.25. The summed E-state index contributed by atoms with van der Waals surface area (Å²) >= 11 is 0. The minimum atomic E-state index is 0.176. The van der Waals surface area contributed by atoms with E-state index in [0.717, 1.165) is 30.1 Å². The van der Waals surface area contributed by atoms with Gasteiger partial charge in [0.05, 0.1) is 0 Å². The third-order valence-electron chi connectivity index (χ3n) is 3.87. The molecule has 0 radical (unpaired) electrons. The maximum atomic E-state index is 8.78. The Hall–Kier alpha value is -1.55. The molecule has 104 valence electrons. The predicted molar refractivity (Wildman–Crippen MR) is 77.2 cm³/mol. The van der Waals surface area contributed by atoms with Crippen LogP contribution in [0.25, 0.3) is 0 Å². The molecular weight excluding hydrogens is 238 g/mol. The highest BCUT2D eigenvalue weighted by atomic mass is 16.4. The summed E-state index contributed by atoms with van der Waals surface area (Å²) in [6, 6.07) is 7.78. The van der Waals surface area contributed by atoms with Gasteiger partial charge in [0.2, 0.25) is 0 Å². The minimum absolute atomic E-state index is 0.176. The van der Waals surface area contributed by atoms with Crippen LogP contribution in [0, 0.1) is 5.92 Å². The lowest BCUT2D eigenvalue weighted by molar-refractivity contribution is 0.318. The molecule has 4 N–H and O–H groups in total. The van der Waals surface area contributed by atoms with Crippen molar-refractivity contribution in [3.8, 4) is 0 Å². The molecule has 19 heavy (non-hydrogen) atoms. The number of nitrogens with two attached hydrogens (primary N) is 1. The second-order valence-electron chi connectivity index (χ2n) is 5.28. The molecule has 2 rings (SSSR count). The van der Waals surface area contributed by atoms with E-state index in [9.17, 15) is 0 Å². The summed E-state index contributed by atoms with van der Waals surface area (Å²) in [5.41, 5.74) is 7.57. The summed E-state index contributed by atoms with van der Waals surface area (Å²) in [4.78, 5) is 0. The highest BCUT2D eigenvalue weighted by molar-refractivity contribution is 5.98. The Bertz CT molecular complexity index is 425. The van der Waals surface area contributed by atoms with Crippen molar-refractivity contribution >= 4 is 5.84 Å². The van der Waals surface area contributed by atoms with Crippen molar-refractivity contribution in [1.29, 1.82) is 0 Å². The zero-order valence-corrected chi connectivity index (χ0v) is 11.3. The predicted octanol–water partition coefficient (Wildman–Crippen LogP) is 2.45. The van der Waals surface area contributed by atoms with E-state index in [4.69, 9.17) is 10.9 Å². The molecule has 0 aliphatic heterocycles. The van der Waals surface area contributed by atoms with Crippen LogP contribution in [0.2, 0.25) is 0 Å². The van der Waals surface area contributed by atoms with E-state index in [1.165, 1.54) is 32.1 Å². The zero-order valence-electron chi connectivity index (χ0n) is 11.3. The van der Waals surface area contributed by atoms with Gasteiger partial charge in [-0.15, -0.1) is 0 Å². The Morgan fingerprint density at radius 1 is 1.26 bits per heavy atom. The van der Waals surface area contributed by atoms with E-state index in [0.29, 0.717) is 0 Å². The van der Waals surface area contributed by atoms with Crippen LogP contribution in [0.1, 0.15) is 43.2 Å². The Morgan fingerprint density at radius 2 is 2.00 bits per heavy atom. The van der Waals surface area contributed by atoms with E-state index in [1.54, 1.807) is 0 Å². The fraction of sp³-hybridized carbons (Fsp3) is 0.533. The Labute approximate surface area is 114 Å². The molecule has 0 atom stereocenters. The van der Waals surface area contributed by atoms with Crippen molar-refractivity contribution in [2.24, 2.45) is 16.8 Å². The molecule has 4 nitrogen and oxygen atoms in total. The first kappa shape index (κ1) is 13.9. The molecule has 0 spiro atoms. The van der Waals surface area contributed by atoms with Gasteiger partial charge in [-0.05, 0) is 30.9 Å². The van der Waals surface area contributed by atoms with Crippen LogP contribution in [0.15, 0.2) is 29.4 Å². The number of oxime groups is 1. The number of nitrogens with one attached hydrogen (secondary N) is 1. The number of amidine groups is 1. The molecule has 1 saturated carbocycles. The topological polar surface area (TPSA) is 70.6 Å². The van der Waals surface area contributed by atoms with Crippen LogP contribution in [0.3, 0.4) is 0 Å².